The maximum absolute atomic E-state index is 6.16. The Balaban J connectivity index is 2.19. The van der Waals surface area contributed by atoms with Gasteiger partial charge in [-0.2, -0.15) is 0 Å². The molecule has 0 saturated heterocycles. The van der Waals surface area contributed by atoms with Crippen LogP contribution in [0.25, 0.3) is 0 Å². The van der Waals surface area contributed by atoms with Crippen LogP contribution in [0.15, 0.2) is 0 Å². The van der Waals surface area contributed by atoms with Gasteiger partial charge < -0.3 is 8.85 Å². The van der Waals surface area contributed by atoms with E-state index in [0.29, 0.717) is 21.9 Å². The van der Waals surface area contributed by atoms with Crippen LogP contribution in [-0.2, 0) is 8.85 Å². The van der Waals surface area contributed by atoms with E-state index in [0.717, 1.165) is 0 Å². The molecule has 112 valence electrons. The van der Waals surface area contributed by atoms with Crippen molar-refractivity contribution >= 4 is 8.56 Å². The van der Waals surface area contributed by atoms with Gasteiger partial charge in [-0.1, -0.05) is 27.7 Å². The molecule has 0 radical (unpaired) electrons. The van der Waals surface area contributed by atoms with Crippen molar-refractivity contribution in [2.45, 2.75) is 77.3 Å². The molecule has 0 aliphatic heterocycles. The Labute approximate surface area is 120 Å². The first-order valence-corrected chi connectivity index (χ1v) is 9.82. The average Bonchev–Trinajstić information content (AvgIpc) is 2.85. The summed E-state index contributed by atoms with van der Waals surface area (Å²) in [5.74, 6) is 0. The fourth-order valence-corrected chi connectivity index (χ4v) is 9.58. The van der Waals surface area contributed by atoms with Crippen molar-refractivity contribution in [1.82, 2.24) is 0 Å². The predicted molar refractivity (Wildman–Crippen MR) is 82.5 cm³/mol. The molecule has 2 saturated carbocycles. The maximum Gasteiger partial charge on any atom is 0.344 e. The highest BCUT2D eigenvalue weighted by atomic mass is 28.4. The van der Waals surface area contributed by atoms with Crippen molar-refractivity contribution < 1.29 is 8.85 Å². The quantitative estimate of drug-likeness (QED) is 0.685. The van der Waals surface area contributed by atoms with Gasteiger partial charge in [0.05, 0.1) is 0 Å². The summed E-state index contributed by atoms with van der Waals surface area (Å²) >= 11 is 0. The molecule has 0 bridgehead atoms. The molecular formula is C16H32O2Si. The average molecular weight is 285 g/mol. The first-order chi connectivity index (χ1) is 8.75. The van der Waals surface area contributed by atoms with E-state index in [1.807, 2.05) is 14.2 Å². The Morgan fingerprint density at radius 2 is 1.16 bits per heavy atom. The summed E-state index contributed by atoms with van der Waals surface area (Å²) in [6.07, 6.45) is 7.84. The van der Waals surface area contributed by atoms with Crippen LogP contribution in [0.1, 0.15) is 66.2 Å². The van der Waals surface area contributed by atoms with E-state index in [-0.39, 0.29) is 0 Å². The minimum atomic E-state index is -2.05. The van der Waals surface area contributed by atoms with E-state index in [9.17, 15) is 0 Å². The smallest absolute Gasteiger partial charge is 0.344 e. The molecular weight excluding hydrogens is 252 g/mol. The second-order valence-electron chi connectivity index (χ2n) is 8.34. The molecule has 3 heteroatoms. The van der Waals surface area contributed by atoms with E-state index in [2.05, 4.69) is 27.7 Å². The number of hydrogen-bond donors (Lipinski definition) is 0. The Morgan fingerprint density at radius 3 is 1.37 bits per heavy atom. The highest BCUT2D eigenvalue weighted by Gasteiger charge is 2.57. The molecule has 2 atom stereocenters. The van der Waals surface area contributed by atoms with Gasteiger partial charge in [0.15, 0.2) is 0 Å². The molecule has 0 aromatic carbocycles. The molecule has 19 heavy (non-hydrogen) atoms. The van der Waals surface area contributed by atoms with Crippen LogP contribution in [0.5, 0.6) is 0 Å². The van der Waals surface area contributed by atoms with E-state index >= 15 is 0 Å². The van der Waals surface area contributed by atoms with Gasteiger partial charge in [0.2, 0.25) is 0 Å². The van der Waals surface area contributed by atoms with Gasteiger partial charge in [0.25, 0.3) is 0 Å². The Kier molecular flexibility index (Phi) is 4.21. The van der Waals surface area contributed by atoms with E-state index in [4.69, 9.17) is 8.85 Å². The zero-order valence-electron chi connectivity index (χ0n) is 13.7. The van der Waals surface area contributed by atoms with Crippen molar-refractivity contribution in [3.63, 3.8) is 0 Å². The van der Waals surface area contributed by atoms with Gasteiger partial charge in [-0.15, -0.1) is 0 Å². The van der Waals surface area contributed by atoms with Crippen molar-refractivity contribution in [2.24, 2.45) is 10.8 Å². The van der Waals surface area contributed by atoms with Gasteiger partial charge in [-0.05, 0) is 49.4 Å². The molecule has 0 aromatic heterocycles. The van der Waals surface area contributed by atoms with Crippen LogP contribution in [0.4, 0.5) is 0 Å². The van der Waals surface area contributed by atoms with Crippen molar-refractivity contribution in [3.8, 4) is 0 Å². The van der Waals surface area contributed by atoms with Crippen LogP contribution in [-0.4, -0.2) is 22.8 Å². The Morgan fingerprint density at radius 1 is 0.789 bits per heavy atom. The normalized spacial score (nSPS) is 33.8. The Hall–Kier alpha value is 0.137. The standard InChI is InChI=1S/C16H32O2Si/c1-15(2)9-7-13(11-15)19(17-5,18-6)14-8-10-16(3,4)12-14/h13-14H,7-12H2,1-6H3. The molecule has 0 N–H and O–H groups in total. The van der Waals surface area contributed by atoms with Crippen LogP contribution in [0, 0.1) is 10.8 Å². The van der Waals surface area contributed by atoms with Crippen molar-refractivity contribution in [3.05, 3.63) is 0 Å². The van der Waals surface area contributed by atoms with Crippen molar-refractivity contribution in [2.75, 3.05) is 14.2 Å². The Bertz CT molecular complexity index is 293. The molecule has 2 rings (SSSR count). The predicted octanol–water partition coefficient (Wildman–Crippen LogP) is 4.88. The monoisotopic (exact) mass is 284 g/mol. The van der Waals surface area contributed by atoms with E-state index in [1.54, 1.807) is 0 Å². The summed E-state index contributed by atoms with van der Waals surface area (Å²) in [5.41, 5.74) is 2.34. The summed E-state index contributed by atoms with van der Waals surface area (Å²) in [4.78, 5) is 0. The zero-order chi connectivity index (χ0) is 14.3. The molecule has 2 unspecified atom stereocenters. The molecule has 0 heterocycles. The summed E-state index contributed by atoms with van der Waals surface area (Å²) in [6, 6.07) is 0. The molecule has 2 aliphatic carbocycles. The SMILES string of the molecule is CO[Si](OC)(C1CCC(C)(C)C1)C1CCC(C)(C)C1. The topological polar surface area (TPSA) is 18.5 Å². The lowest BCUT2D eigenvalue weighted by molar-refractivity contribution is 0.208. The summed E-state index contributed by atoms with van der Waals surface area (Å²) in [5, 5.41) is 0. The van der Waals surface area contributed by atoms with Crippen LogP contribution >= 0.6 is 0 Å². The highest BCUT2D eigenvalue weighted by molar-refractivity contribution is 6.70. The molecule has 2 nitrogen and oxygen atoms in total. The lowest BCUT2D eigenvalue weighted by Gasteiger charge is -2.39. The summed E-state index contributed by atoms with van der Waals surface area (Å²) in [6.45, 7) is 9.60. The summed E-state index contributed by atoms with van der Waals surface area (Å²) in [7, 11) is 1.76. The molecule has 0 spiro atoms. The number of hydrogen-bond acceptors (Lipinski definition) is 2. The van der Waals surface area contributed by atoms with Gasteiger partial charge in [0, 0.05) is 25.3 Å². The second-order valence-corrected chi connectivity index (χ2v) is 12.2. The largest absolute Gasteiger partial charge is 0.397 e. The van der Waals surface area contributed by atoms with Gasteiger partial charge >= 0.3 is 8.56 Å². The van der Waals surface area contributed by atoms with Gasteiger partial charge in [-0.3, -0.25) is 0 Å². The maximum atomic E-state index is 6.16. The molecule has 2 fully saturated rings. The fourth-order valence-electron chi connectivity index (χ4n) is 4.64. The zero-order valence-corrected chi connectivity index (χ0v) is 14.7. The fraction of sp³-hybridized carbons (Fsp3) is 1.00. The first kappa shape index (κ1) is 15.5. The molecule has 0 aromatic rings. The lowest BCUT2D eigenvalue weighted by atomic mass is 9.92. The third kappa shape index (κ3) is 2.93. The number of rotatable bonds is 4. The molecule has 2 aliphatic rings. The van der Waals surface area contributed by atoms with Gasteiger partial charge in [-0.25, -0.2) is 0 Å². The minimum Gasteiger partial charge on any atom is -0.397 e. The van der Waals surface area contributed by atoms with Gasteiger partial charge in [0.1, 0.15) is 0 Å². The van der Waals surface area contributed by atoms with E-state index < -0.39 is 8.56 Å². The third-order valence-corrected chi connectivity index (χ3v) is 10.3. The van der Waals surface area contributed by atoms with E-state index in [1.165, 1.54) is 38.5 Å². The lowest BCUT2D eigenvalue weighted by Crippen LogP contribution is -2.48. The van der Waals surface area contributed by atoms with Crippen LogP contribution in [0.3, 0.4) is 0 Å². The summed E-state index contributed by atoms with van der Waals surface area (Å²) < 4.78 is 12.3. The molecule has 0 amide bonds. The third-order valence-electron chi connectivity index (χ3n) is 5.71. The van der Waals surface area contributed by atoms with Crippen LogP contribution < -0.4 is 0 Å². The minimum absolute atomic E-state index is 0.480. The second kappa shape index (κ2) is 5.16. The highest BCUT2D eigenvalue weighted by Crippen LogP contribution is 2.57. The van der Waals surface area contributed by atoms with Crippen molar-refractivity contribution in [1.29, 1.82) is 0 Å². The van der Waals surface area contributed by atoms with Crippen LogP contribution in [0.2, 0.25) is 11.1 Å². The first-order valence-electron chi connectivity index (χ1n) is 7.85.